The predicted octanol–water partition coefficient (Wildman–Crippen LogP) is 1.29. The molecule has 0 saturated carbocycles. The van der Waals surface area contributed by atoms with Gasteiger partial charge in [0.05, 0.1) is 6.61 Å². The molecule has 0 amide bonds. The Kier molecular flexibility index (Phi) is 3.47. The van der Waals surface area contributed by atoms with Crippen molar-refractivity contribution in [3.8, 4) is 0 Å². The van der Waals surface area contributed by atoms with Crippen molar-refractivity contribution in [2.45, 2.75) is 39.8 Å². The normalized spacial score (nSPS) is 18.9. The van der Waals surface area contributed by atoms with Gasteiger partial charge in [-0.25, -0.2) is 4.79 Å². The van der Waals surface area contributed by atoms with Gasteiger partial charge in [-0.2, -0.15) is 5.10 Å². The van der Waals surface area contributed by atoms with Gasteiger partial charge < -0.3 is 10.1 Å². The van der Waals surface area contributed by atoms with Crippen LogP contribution in [-0.2, 0) is 17.8 Å². The van der Waals surface area contributed by atoms with Gasteiger partial charge in [0.1, 0.15) is 0 Å². The molecule has 1 atom stereocenters. The van der Waals surface area contributed by atoms with E-state index < -0.39 is 0 Å². The van der Waals surface area contributed by atoms with Crippen LogP contribution in [0, 0.1) is 0 Å². The minimum Gasteiger partial charge on any atom is -0.461 e. The fourth-order valence-corrected chi connectivity index (χ4v) is 2.35. The first-order valence-electron chi connectivity index (χ1n) is 6.16. The van der Waals surface area contributed by atoms with E-state index in [0.29, 0.717) is 24.8 Å². The summed E-state index contributed by atoms with van der Waals surface area (Å²) in [6.07, 6.45) is 0. The lowest BCUT2D eigenvalue weighted by molar-refractivity contribution is 0.0517. The zero-order chi connectivity index (χ0) is 12.4. The third kappa shape index (κ3) is 2.07. The molecule has 0 saturated heterocycles. The molecule has 1 aliphatic rings. The summed E-state index contributed by atoms with van der Waals surface area (Å²) >= 11 is 0. The second kappa shape index (κ2) is 4.87. The van der Waals surface area contributed by atoms with Crippen molar-refractivity contribution in [3.63, 3.8) is 0 Å². The largest absolute Gasteiger partial charge is 0.461 e. The molecular formula is C12H19N3O2. The topological polar surface area (TPSA) is 56.1 Å². The van der Waals surface area contributed by atoms with E-state index >= 15 is 0 Å². The van der Waals surface area contributed by atoms with E-state index in [9.17, 15) is 4.79 Å². The molecule has 1 aromatic heterocycles. The molecule has 0 spiro atoms. The van der Waals surface area contributed by atoms with E-state index in [2.05, 4.69) is 17.3 Å². The number of ether oxygens (including phenoxy) is 1. The number of carbonyl (C=O) groups excluding carboxylic acids is 1. The van der Waals surface area contributed by atoms with Crippen molar-refractivity contribution < 1.29 is 9.53 Å². The van der Waals surface area contributed by atoms with E-state index in [1.165, 1.54) is 5.69 Å². The molecular weight excluding hydrogens is 218 g/mol. The molecule has 17 heavy (non-hydrogen) atoms. The molecule has 0 unspecified atom stereocenters. The maximum atomic E-state index is 11.8. The molecule has 0 radical (unpaired) electrons. The number of nitrogens with zero attached hydrogens (tertiary/aromatic N) is 2. The van der Waals surface area contributed by atoms with E-state index in [1.54, 1.807) is 0 Å². The highest BCUT2D eigenvalue weighted by Gasteiger charge is 2.28. The Bertz CT molecular complexity index is 426. The highest BCUT2D eigenvalue weighted by molar-refractivity contribution is 5.89. The van der Waals surface area contributed by atoms with Gasteiger partial charge in [0.25, 0.3) is 0 Å². The van der Waals surface area contributed by atoms with Crippen LogP contribution in [0.25, 0.3) is 0 Å². The highest BCUT2D eigenvalue weighted by atomic mass is 16.5. The number of fused-ring (bicyclic) bond motifs is 1. The van der Waals surface area contributed by atoms with Gasteiger partial charge in [-0.15, -0.1) is 0 Å². The zero-order valence-electron chi connectivity index (χ0n) is 10.6. The number of hydrogen-bond acceptors (Lipinski definition) is 4. The Hall–Kier alpha value is -1.36. The van der Waals surface area contributed by atoms with Crippen molar-refractivity contribution in [1.29, 1.82) is 0 Å². The average molecular weight is 237 g/mol. The molecule has 0 fully saturated rings. The molecule has 1 aliphatic heterocycles. The van der Waals surface area contributed by atoms with Crippen LogP contribution in [-0.4, -0.2) is 28.9 Å². The Balaban J connectivity index is 2.44. The molecule has 0 aliphatic carbocycles. The first kappa shape index (κ1) is 12.1. The van der Waals surface area contributed by atoms with Gasteiger partial charge in [0, 0.05) is 36.8 Å². The van der Waals surface area contributed by atoms with Crippen LogP contribution in [0.5, 0.6) is 0 Å². The van der Waals surface area contributed by atoms with Crippen molar-refractivity contribution in [1.82, 2.24) is 15.1 Å². The molecule has 1 aromatic rings. The second-order valence-electron chi connectivity index (χ2n) is 4.28. The van der Waals surface area contributed by atoms with E-state index in [0.717, 1.165) is 18.7 Å². The Labute approximate surface area is 101 Å². The summed E-state index contributed by atoms with van der Waals surface area (Å²) in [5, 5.41) is 7.69. The summed E-state index contributed by atoms with van der Waals surface area (Å²) in [5.41, 5.74) is 2.65. The molecule has 0 bridgehead atoms. The van der Waals surface area contributed by atoms with Gasteiger partial charge in [-0.3, -0.25) is 4.68 Å². The molecule has 5 heteroatoms. The molecule has 5 nitrogen and oxygen atoms in total. The lowest BCUT2D eigenvalue weighted by Crippen LogP contribution is -2.28. The number of aromatic nitrogens is 2. The van der Waals surface area contributed by atoms with Crippen LogP contribution in [0.2, 0.25) is 0 Å². The van der Waals surface area contributed by atoms with Crippen LogP contribution in [0.1, 0.15) is 48.4 Å². The Morgan fingerprint density at radius 2 is 2.35 bits per heavy atom. The van der Waals surface area contributed by atoms with Crippen molar-refractivity contribution >= 4 is 5.97 Å². The number of hydrogen-bond donors (Lipinski definition) is 1. The van der Waals surface area contributed by atoms with Crippen LogP contribution in [0.4, 0.5) is 0 Å². The smallest absolute Gasteiger partial charge is 0.359 e. The lowest BCUT2D eigenvalue weighted by atomic mass is 9.98. The standard InChI is InChI=1S/C12H19N3O2/c1-4-15-11-8(3)6-13-7-9(11)10(14-15)12(16)17-5-2/h8,13H,4-7H2,1-3H3/t8-/m1/s1. The summed E-state index contributed by atoms with van der Waals surface area (Å²) in [6.45, 7) is 8.79. The van der Waals surface area contributed by atoms with Gasteiger partial charge in [0.15, 0.2) is 5.69 Å². The first-order chi connectivity index (χ1) is 8.19. The van der Waals surface area contributed by atoms with E-state index in [-0.39, 0.29) is 5.97 Å². The maximum absolute atomic E-state index is 11.8. The number of esters is 1. The molecule has 2 heterocycles. The van der Waals surface area contributed by atoms with Crippen LogP contribution in [0.15, 0.2) is 0 Å². The third-order valence-electron chi connectivity index (χ3n) is 3.08. The van der Waals surface area contributed by atoms with E-state index in [1.807, 2.05) is 18.5 Å². The van der Waals surface area contributed by atoms with Crippen LogP contribution < -0.4 is 5.32 Å². The minimum atomic E-state index is -0.313. The van der Waals surface area contributed by atoms with Crippen LogP contribution in [0.3, 0.4) is 0 Å². The van der Waals surface area contributed by atoms with Gasteiger partial charge >= 0.3 is 5.97 Å². The number of aryl methyl sites for hydroxylation is 1. The lowest BCUT2D eigenvalue weighted by Gasteiger charge is -2.21. The molecule has 2 rings (SSSR count). The summed E-state index contributed by atoms with van der Waals surface area (Å²) in [5.74, 6) is 0.0706. The summed E-state index contributed by atoms with van der Waals surface area (Å²) in [4.78, 5) is 11.8. The molecule has 94 valence electrons. The number of carbonyl (C=O) groups is 1. The SMILES string of the molecule is CCOC(=O)c1nn(CC)c2c1CNC[C@H]2C. The monoisotopic (exact) mass is 237 g/mol. The van der Waals surface area contributed by atoms with Crippen LogP contribution >= 0.6 is 0 Å². The second-order valence-corrected chi connectivity index (χ2v) is 4.28. The van der Waals surface area contributed by atoms with Gasteiger partial charge in [-0.05, 0) is 13.8 Å². The summed E-state index contributed by atoms with van der Waals surface area (Å²) in [6, 6.07) is 0. The van der Waals surface area contributed by atoms with Gasteiger partial charge in [-0.1, -0.05) is 6.92 Å². The van der Waals surface area contributed by atoms with Crippen molar-refractivity contribution in [3.05, 3.63) is 17.0 Å². The third-order valence-corrected chi connectivity index (χ3v) is 3.08. The fourth-order valence-electron chi connectivity index (χ4n) is 2.35. The van der Waals surface area contributed by atoms with Crippen molar-refractivity contribution in [2.75, 3.05) is 13.2 Å². The summed E-state index contributed by atoms with van der Waals surface area (Å²) in [7, 11) is 0. The number of rotatable bonds is 3. The van der Waals surface area contributed by atoms with Gasteiger partial charge in [0.2, 0.25) is 0 Å². The molecule has 0 aromatic carbocycles. The maximum Gasteiger partial charge on any atom is 0.359 e. The number of nitrogens with one attached hydrogen (secondary N) is 1. The Morgan fingerprint density at radius 1 is 1.59 bits per heavy atom. The quantitative estimate of drug-likeness (QED) is 0.805. The first-order valence-corrected chi connectivity index (χ1v) is 6.16. The van der Waals surface area contributed by atoms with Crippen molar-refractivity contribution in [2.24, 2.45) is 0 Å². The average Bonchev–Trinajstić information content (AvgIpc) is 2.69. The fraction of sp³-hybridized carbons (Fsp3) is 0.667. The molecule has 1 N–H and O–H groups in total. The zero-order valence-corrected chi connectivity index (χ0v) is 10.6. The minimum absolute atomic E-state index is 0.313. The predicted molar refractivity (Wildman–Crippen MR) is 64.0 cm³/mol. The Morgan fingerprint density at radius 3 is 3.00 bits per heavy atom. The van der Waals surface area contributed by atoms with E-state index in [4.69, 9.17) is 4.74 Å². The highest BCUT2D eigenvalue weighted by Crippen LogP contribution is 2.26. The summed E-state index contributed by atoms with van der Waals surface area (Å²) < 4.78 is 6.97.